The van der Waals surface area contributed by atoms with Crippen molar-refractivity contribution in [1.29, 1.82) is 0 Å². The lowest BCUT2D eigenvalue weighted by atomic mass is 9.74. The van der Waals surface area contributed by atoms with E-state index in [0.717, 1.165) is 33.6 Å². The second kappa shape index (κ2) is 14.1. The molecule has 3 heteroatoms. The first-order valence-corrected chi connectivity index (χ1v) is 21.7. The third-order valence-electron chi connectivity index (χ3n) is 12.8. The van der Waals surface area contributed by atoms with Crippen molar-refractivity contribution >= 4 is 42.3 Å². The average molecular weight is 795 g/mol. The lowest BCUT2D eigenvalue weighted by Gasteiger charge is -2.28. The van der Waals surface area contributed by atoms with Gasteiger partial charge in [-0.15, -0.1) is 11.3 Å². The Kier molecular flexibility index (Phi) is 8.19. The number of aromatic nitrogens is 2. The number of thiophene rings is 1. The van der Waals surface area contributed by atoms with Crippen LogP contribution < -0.4 is 0 Å². The number of hydrogen-bond acceptors (Lipinski definition) is 3. The second-order valence-corrected chi connectivity index (χ2v) is 17.3. The first-order valence-electron chi connectivity index (χ1n) is 20.9. The molecule has 0 saturated carbocycles. The maximum atomic E-state index is 5.36. The van der Waals surface area contributed by atoms with Crippen LogP contribution in [0.2, 0.25) is 0 Å². The summed E-state index contributed by atoms with van der Waals surface area (Å²) in [4.78, 5) is 10.7. The van der Waals surface area contributed by atoms with Crippen LogP contribution in [0.4, 0.5) is 0 Å². The van der Waals surface area contributed by atoms with E-state index in [9.17, 15) is 0 Å². The summed E-state index contributed by atoms with van der Waals surface area (Å²) in [6, 6.07) is 76.9. The van der Waals surface area contributed by atoms with Crippen molar-refractivity contribution in [2.45, 2.75) is 12.3 Å². The second-order valence-electron chi connectivity index (χ2n) is 16.2. The molecule has 1 unspecified atom stereocenters. The molecule has 1 aliphatic carbocycles. The van der Waals surface area contributed by atoms with Crippen LogP contribution in [-0.2, 0) is 5.41 Å². The van der Waals surface area contributed by atoms with E-state index in [0.29, 0.717) is 5.82 Å². The first-order chi connectivity index (χ1) is 30.1. The summed E-state index contributed by atoms with van der Waals surface area (Å²) < 4.78 is 2.58. The van der Waals surface area contributed by atoms with Gasteiger partial charge in [-0.05, 0) is 104 Å². The van der Waals surface area contributed by atoms with Crippen LogP contribution >= 0.6 is 11.3 Å². The zero-order valence-corrected chi connectivity index (χ0v) is 34.3. The van der Waals surface area contributed by atoms with E-state index in [1.165, 1.54) is 75.5 Å². The molecule has 2 nitrogen and oxygen atoms in total. The summed E-state index contributed by atoms with van der Waals surface area (Å²) in [6.07, 6.45) is 0. The van der Waals surface area contributed by atoms with Crippen molar-refractivity contribution in [3.05, 3.63) is 229 Å². The van der Waals surface area contributed by atoms with E-state index in [-0.39, 0.29) is 5.41 Å². The van der Waals surface area contributed by atoms with Crippen molar-refractivity contribution in [2.75, 3.05) is 0 Å². The van der Waals surface area contributed by atoms with E-state index in [2.05, 4.69) is 213 Å². The number of hydrogen-bond donors (Lipinski definition) is 0. The number of nitrogens with zero attached hydrogens (tertiary/aromatic N) is 2. The number of rotatable bonds is 6. The van der Waals surface area contributed by atoms with Crippen LogP contribution in [0.5, 0.6) is 0 Å². The highest BCUT2D eigenvalue weighted by molar-refractivity contribution is 7.26. The number of benzene rings is 9. The van der Waals surface area contributed by atoms with Gasteiger partial charge in [-0.25, -0.2) is 9.97 Å². The fourth-order valence-corrected chi connectivity index (χ4v) is 10.9. The minimum Gasteiger partial charge on any atom is -0.228 e. The topological polar surface area (TPSA) is 25.8 Å². The van der Waals surface area contributed by atoms with Crippen molar-refractivity contribution in [3.63, 3.8) is 0 Å². The summed E-state index contributed by atoms with van der Waals surface area (Å²) >= 11 is 1.87. The first kappa shape index (κ1) is 35.5. The molecule has 61 heavy (non-hydrogen) atoms. The van der Waals surface area contributed by atoms with Crippen molar-refractivity contribution in [2.24, 2.45) is 0 Å². The van der Waals surface area contributed by atoms with Gasteiger partial charge in [0.1, 0.15) is 0 Å². The molecule has 1 aliphatic rings. The molecule has 0 spiro atoms. The molecule has 2 heterocycles. The normalized spacial score (nSPS) is 14.4. The summed E-state index contributed by atoms with van der Waals surface area (Å²) in [5.74, 6) is 0.710. The van der Waals surface area contributed by atoms with Crippen LogP contribution in [0.15, 0.2) is 212 Å². The van der Waals surface area contributed by atoms with Crippen LogP contribution in [-0.4, -0.2) is 9.97 Å². The molecule has 12 rings (SSSR count). The molecule has 0 bridgehead atoms. The van der Waals surface area contributed by atoms with E-state index in [1.807, 2.05) is 17.4 Å². The van der Waals surface area contributed by atoms with Gasteiger partial charge in [0.2, 0.25) is 0 Å². The van der Waals surface area contributed by atoms with Crippen molar-refractivity contribution < 1.29 is 0 Å². The predicted octanol–water partition coefficient (Wildman–Crippen LogP) is 15.7. The Labute approximate surface area is 359 Å². The van der Waals surface area contributed by atoms with Gasteiger partial charge in [-0.3, -0.25) is 0 Å². The summed E-state index contributed by atoms with van der Waals surface area (Å²) in [5.41, 5.74) is 15.9. The smallest absolute Gasteiger partial charge is 0.160 e. The Morgan fingerprint density at radius 3 is 1.87 bits per heavy atom. The molecular formula is C58H38N2S. The molecule has 0 radical (unpaired) electrons. The van der Waals surface area contributed by atoms with E-state index >= 15 is 0 Å². The van der Waals surface area contributed by atoms with Gasteiger partial charge in [0.05, 0.1) is 11.4 Å². The molecule has 2 aromatic heterocycles. The fourth-order valence-electron chi connectivity index (χ4n) is 9.75. The van der Waals surface area contributed by atoms with Gasteiger partial charge in [-0.1, -0.05) is 176 Å². The average Bonchev–Trinajstić information content (AvgIpc) is 3.83. The summed E-state index contributed by atoms with van der Waals surface area (Å²) in [6.45, 7) is 2.37. The quantitative estimate of drug-likeness (QED) is 0.168. The lowest BCUT2D eigenvalue weighted by Crippen LogP contribution is -2.22. The molecule has 9 aromatic carbocycles. The van der Waals surface area contributed by atoms with Crippen LogP contribution in [0.3, 0.4) is 0 Å². The lowest BCUT2D eigenvalue weighted by molar-refractivity contribution is 0.714. The minimum absolute atomic E-state index is 0.306. The van der Waals surface area contributed by atoms with Crippen LogP contribution in [0, 0.1) is 0 Å². The van der Waals surface area contributed by atoms with Gasteiger partial charge in [0.25, 0.3) is 0 Å². The highest BCUT2D eigenvalue weighted by Gasteiger charge is 2.41. The Morgan fingerprint density at radius 1 is 0.393 bits per heavy atom. The maximum Gasteiger partial charge on any atom is 0.160 e. The Bertz CT molecular complexity index is 3480. The van der Waals surface area contributed by atoms with Gasteiger partial charge in [-0.2, -0.15) is 0 Å². The zero-order chi connectivity index (χ0) is 40.5. The maximum absolute atomic E-state index is 5.36. The minimum atomic E-state index is -0.306. The molecule has 1 atom stereocenters. The molecule has 0 aliphatic heterocycles. The predicted molar refractivity (Wildman–Crippen MR) is 257 cm³/mol. The highest BCUT2D eigenvalue weighted by atomic mass is 32.1. The van der Waals surface area contributed by atoms with Crippen molar-refractivity contribution in [1.82, 2.24) is 9.97 Å². The molecule has 286 valence electrons. The third-order valence-corrected chi connectivity index (χ3v) is 13.9. The van der Waals surface area contributed by atoms with Crippen LogP contribution in [0.25, 0.3) is 98.2 Å². The molecule has 0 amide bonds. The molecular weight excluding hydrogens is 757 g/mol. The Hall–Kier alpha value is -7.46. The molecule has 0 fully saturated rings. The van der Waals surface area contributed by atoms with Crippen LogP contribution in [0.1, 0.15) is 23.6 Å². The van der Waals surface area contributed by atoms with Gasteiger partial charge >= 0.3 is 0 Å². The van der Waals surface area contributed by atoms with Gasteiger partial charge < -0.3 is 0 Å². The Morgan fingerprint density at radius 2 is 1.03 bits per heavy atom. The third kappa shape index (κ3) is 5.77. The highest BCUT2D eigenvalue weighted by Crippen LogP contribution is 2.55. The summed E-state index contributed by atoms with van der Waals surface area (Å²) in [7, 11) is 0. The monoisotopic (exact) mass is 794 g/mol. The summed E-state index contributed by atoms with van der Waals surface area (Å²) in [5, 5.41) is 5.09. The SMILES string of the molecule is CC1(c2ccccc2)c2ccccc2-c2c(-c3cc(-c4cccc(-c5cccc6sc7cc8cc(-c9ccccc9)ccc8cc7c56)c4)nc(-c4ccccc4)n3)cccc21. The van der Waals surface area contributed by atoms with Gasteiger partial charge in [0.15, 0.2) is 5.82 Å². The number of fused-ring (bicyclic) bond motifs is 7. The Balaban J connectivity index is 1.01. The van der Waals surface area contributed by atoms with E-state index in [1.54, 1.807) is 0 Å². The largest absolute Gasteiger partial charge is 0.228 e. The van der Waals surface area contributed by atoms with E-state index < -0.39 is 0 Å². The van der Waals surface area contributed by atoms with E-state index in [4.69, 9.17) is 9.97 Å². The fraction of sp³-hybridized carbons (Fsp3) is 0.0345. The van der Waals surface area contributed by atoms with Gasteiger partial charge in [0, 0.05) is 42.3 Å². The molecule has 0 N–H and O–H groups in total. The zero-order valence-electron chi connectivity index (χ0n) is 33.5. The van der Waals surface area contributed by atoms with Crippen molar-refractivity contribution in [3.8, 4) is 67.3 Å². The molecule has 11 aromatic rings. The molecule has 0 saturated heterocycles. The standard InChI is InChI=1S/C58H38N2S/c1-58(44-22-9-4-10-23-44)49-27-12-11-24-46(49)55-47(26-14-28-50(55)58)52-36-51(59-57(60-52)38-18-7-3-8-19-38)42-21-13-20-41(33-42)45-25-15-29-53-56(45)48-34-40-31-30-39(37-16-5-2-6-17-37)32-43(40)35-54(48)61-53/h2-36H,1H3.